The predicted molar refractivity (Wildman–Crippen MR) is 78.3 cm³/mol. The smallest absolute Gasteiger partial charge is 0.254 e. The fraction of sp³-hybridized carbons (Fsp3) is 0.500. The number of nitrogens with zero attached hydrogens (tertiary/aromatic N) is 1. The predicted octanol–water partition coefficient (Wildman–Crippen LogP) is 3.99. The molecule has 0 aromatic heterocycles. The van der Waals surface area contributed by atoms with Crippen LogP contribution in [0.2, 0.25) is 0 Å². The van der Waals surface area contributed by atoms with Gasteiger partial charge in [0.1, 0.15) is 0 Å². The van der Waals surface area contributed by atoms with Crippen LogP contribution in [-0.2, 0) is 0 Å². The van der Waals surface area contributed by atoms with Gasteiger partial charge in [-0.2, -0.15) is 0 Å². The first kappa shape index (κ1) is 13.9. The third-order valence-electron chi connectivity index (χ3n) is 3.36. The first-order valence-electron chi connectivity index (χ1n) is 6.26. The van der Waals surface area contributed by atoms with Crippen LogP contribution in [0.15, 0.2) is 22.7 Å². The highest BCUT2D eigenvalue weighted by Crippen LogP contribution is 2.23. The molecule has 0 N–H and O–H groups in total. The second kappa shape index (κ2) is 6.07. The molecule has 1 saturated heterocycles. The molecule has 2 rings (SSSR count). The molecule has 2 nitrogen and oxygen atoms in total. The Morgan fingerprint density at radius 1 is 1.44 bits per heavy atom. The Hall–Kier alpha value is -0.540. The molecule has 98 valence electrons. The van der Waals surface area contributed by atoms with Gasteiger partial charge in [0.25, 0.3) is 5.91 Å². The van der Waals surface area contributed by atoms with E-state index in [2.05, 4.69) is 15.9 Å². The van der Waals surface area contributed by atoms with E-state index in [1.807, 2.05) is 30.0 Å². The molecule has 4 heteroatoms. The van der Waals surface area contributed by atoms with Crippen molar-refractivity contribution < 1.29 is 4.79 Å². The largest absolute Gasteiger partial charge is 0.334 e. The van der Waals surface area contributed by atoms with Gasteiger partial charge in [0.05, 0.1) is 0 Å². The standard InChI is InChI=1S/C14H17BrClNO/c1-10-6-11(8-12(15)7-10)14(18)17-5-3-2-4-13(17)9-16/h6-8,13H,2-5,9H2,1H3. The number of piperidine rings is 1. The molecule has 1 aliphatic heterocycles. The second-order valence-corrected chi connectivity index (χ2v) is 6.04. The van der Waals surface area contributed by atoms with Gasteiger partial charge >= 0.3 is 0 Å². The maximum atomic E-state index is 12.5. The minimum absolute atomic E-state index is 0.102. The summed E-state index contributed by atoms with van der Waals surface area (Å²) in [6.45, 7) is 2.82. The molecule has 1 aliphatic rings. The van der Waals surface area contributed by atoms with Crippen molar-refractivity contribution in [3.05, 3.63) is 33.8 Å². The summed E-state index contributed by atoms with van der Waals surface area (Å²) < 4.78 is 0.949. The van der Waals surface area contributed by atoms with Crippen LogP contribution >= 0.6 is 27.5 Å². The molecule has 0 radical (unpaired) electrons. The summed E-state index contributed by atoms with van der Waals surface area (Å²) in [6, 6.07) is 6.01. The van der Waals surface area contributed by atoms with Crippen molar-refractivity contribution in [2.45, 2.75) is 32.2 Å². The maximum absolute atomic E-state index is 12.5. The average Bonchev–Trinajstić information content (AvgIpc) is 2.36. The first-order chi connectivity index (χ1) is 8.61. The van der Waals surface area contributed by atoms with Crippen LogP contribution in [0.25, 0.3) is 0 Å². The minimum atomic E-state index is 0.102. The van der Waals surface area contributed by atoms with Crippen LogP contribution in [-0.4, -0.2) is 29.3 Å². The van der Waals surface area contributed by atoms with Gasteiger partial charge in [-0.05, 0) is 49.9 Å². The van der Waals surface area contributed by atoms with Crippen molar-refractivity contribution in [3.63, 3.8) is 0 Å². The molecule has 0 bridgehead atoms. The molecule has 1 amide bonds. The lowest BCUT2D eigenvalue weighted by Gasteiger charge is -2.34. The number of carbonyl (C=O) groups is 1. The van der Waals surface area contributed by atoms with Gasteiger partial charge in [0.2, 0.25) is 0 Å². The van der Waals surface area contributed by atoms with E-state index in [1.165, 1.54) is 6.42 Å². The highest BCUT2D eigenvalue weighted by atomic mass is 79.9. The monoisotopic (exact) mass is 329 g/mol. The molecule has 1 aromatic rings. The van der Waals surface area contributed by atoms with Gasteiger partial charge in [-0.3, -0.25) is 4.79 Å². The van der Waals surface area contributed by atoms with Gasteiger partial charge in [0, 0.05) is 28.5 Å². The van der Waals surface area contributed by atoms with E-state index >= 15 is 0 Å². The fourth-order valence-electron chi connectivity index (χ4n) is 2.45. The zero-order chi connectivity index (χ0) is 13.1. The van der Waals surface area contributed by atoms with E-state index in [0.29, 0.717) is 5.88 Å². The molecule has 1 fully saturated rings. The SMILES string of the molecule is Cc1cc(Br)cc(C(=O)N2CCCCC2CCl)c1. The highest BCUT2D eigenvalue weighted by molar-refractivity contribution is 9.10. The Labute approximate surface area is 121 Å². The molecule has 1 unspecified atom stereocenters. The molecule has 0 spiro atoms. The van der Waals surface area contributed by atoms with Gasteiger partial charge in [-0.25, -0.2) is 0 Å². The summed E-state index contributed by atoms with van der Waals surface area (Å²) in [6.07, 6.45) is 3.26. The quantitative estimate of drug-likeness (QED) is 0.751. The summed E-state index contributed by atoms with van der Waals surface area (Å²) in [4.78, 5) is 14.4. The number of carbonyl (C=O) groups excluding carboxylic acids is 1. The number of rotatable bonds is 2. The Morgan fingerprint density at radius 2 is 2.22 bits per heavy atom. The Morgan fingerprint density at radius 3 is 2.89 bits per heavy atom. The normalized spacial score (nSPS) is 19.9. The molecular weight excluding hydrogens is 314 g/mol. The van der Waals surface area contributed by atoms with Crippen molar-refractivity contribution in [1.29, 1.82) is 0 Å². The van der Waals surface area contributed by atoms with Gasteiger partial charge in [-0.15, -0.1) is 11.6 Å². The second-order valence-electron chi connectivity index (χ2n) is 4.82. The summed E-state index contributed by atoms with van der Waals surface area (Å²) in [5.74, 6) is 0.628. The molecule has 0 saturated carbocycles. The zero-order valence-corrected chi connectivity index (χ0v) is 12.8. The lowest BCUT2D eigenvalue weighted by Crippen LogP contribution is -2.44. The van der Waals surface area contributed by atoms with Gasteiger partial charge in [-0.1, -0.05) is 15.9 Å². The topological polar surface area (TPSA) is 20.3 Å². The van der Waals surface area contributed by atoms with Crippen LogP contribution in [0, 0.1) is 6.92 Å². The van der Waals surface area contributed by atoms with E-state index in [1.54, 1.807) is 0 Å². The van der Waals surface area contributed by atoms with Crippen molar-refractivity contribution in [3.8, 4) is 0 Å². The number of benzene rings is 1. The van der Waals surface area contributed by atoms with Gasteiger partial charge < -0.3 is 4.90 Å². The van der Waals surface area contributed by atoms with E-state index in [4.69, 9.17) is 11.6 Å². The van der Waals surface area contributed by atoms with Crippen LogP contribution in [0.5, 0.6) is 0 Å². The molecular formula is C14H17BrClNO. The average molecular weight is 331 g/mol. The molecule has 1 heterocycles. The van der Waals surface area contributed by atoms with E-state index < -0.39 is 0 Å². The van der Waals surface area contributed by atoms with Crippen LogP contribution in [0.4, 0.5) is 0 Å². The molecule has 1 aromatic carbocycles. The number of aryl methyl sites for hydroxylation is 1. The van der Waals surface area contributed by atoms with E-state index in [-0.39, 0.29) is 11.9 Å². The minimum Gasteiger partial charge on any atom is -0.334 e. The Kier molecular flexibility index (Phi) is 4.68. The first-order valence-corrected chi connectivity index (χ1v) is 7.58. The van der Waals surface area contributed by atoms with Crippen LogP contribution in [0.3, 0.4) is 0 Å². The fourth-order valence-corrected chi connectivity index (χ4v) is 3.38. The third kappa shape index (κ3) is 3.07. The Balaban J connectivity index is 2.23. The summed E-state index contributed by atoms with van der Waals surface area (Å²) in [5, 5.41) is 0. The van der Waals surface area contributed by atoms with E-state index in [9.17, 15) is 4.79 Å². The summed E-state index contributed by atoms with van der Waals surface area (Å²) in [7, 11) is 0. The lowest BCUT2D eigenvalue weighted by atomic mass is 10.0. The molecule has 18 heavy (non-hydrogen) atoms. The van der Waals surface area contributed by atoms with Gasteiger partial charge in [0.15, 0.2) is 0 Å². The molecule has 1 atom stereocenters. The summed E-state index contributed by atoms with van der Waals surface area (Å²) >= 11 is 9.41. The Bertz CT molecular complexity index is 429. The van der Waals surface area contributed by atoms with Crippen molar-refractivity contribution in [2.24, 2.45) is 0 Å². The maximum Gasteiger partial charge on any atom is 0.254 e. The summed E-state index contributed by atoms with van der Waals surface area (Å²) in [5.41, 5.74) is 1.84. The van der Waals surface area contributed by atoms with Crippen molar-refractivity contribution in [2.75, 3.05) is 12.4 Å². The third-order valence-corrected chi connectivity index (χ3v) is 4.17. The van der Waals surface area contributed by atoms with Crippen molar-refractivity contribution >= 4 is 33.4 Å². The number of amides is 1. The van der Waals surface area contributed by atoms with E-state index in [0.717, 1.165) is 35.0 Å². The number of hydrogen-bond acceptors (Lipinski definition) is 1. The van der Waals surface area contributed by atoms with Crippen molar-refractivity contribution in [1.82, 2.24) is 4.90 Å². The number of halogens is 2. The zero-order valence-electron chi connectivity index (χ0n) is 10.5. The lowest BCUT2D eigenvalue weighted by molar-refractivity contribution is 0.0639. The number of hydrogen-bond donors (Lipinski definition) is 0. The van der Waals surface area contributed by atoms with Crippen LogP contribution in [0.1, 0.15) is 35.2 Å². The molecule has 0 aliphatic carbocycles. The highest BCUT2D eigenvalue weighted by Gasteiger charge is 2.26. The van der Waals surface area contributed by atoms with Crippen LogP contribution < -0.4 is 0 Å². The number of alkyl halides is 1. The number of likely N-dealkylation sites (tertiary alicyclic amines) is 1.